The van der Waals surface area contributed by atoms with E-state index in [9.17, 15) is 4.79 Å². The molecule has 1 saturated heterocycles. The molecule has 1 heterocycles. The van der Waals surface area contributed by atoms with Gasteiger partial charge in [-0.25, -0.2) is 0 Å². The number of nitrogens with one attached hydrogen (secondary N) is 1. The summed E-state index contributed by atoms with van der Waals surface area (Å²) in [4.78, 5) is 14.3. The third-order valence-corrected chi connectivity index (χ3v) is 3.57. The highest BCUT2D eigenvalue weighted by Crippen LogP contribution is 2.09. The molecular formula is C12H23N3OS. The van der Waals surface area contributed by atoms with Gasteiger partial charge in [0, 0.05) is 13.1 Å². The predicted octanol–water partition coefficient (Wildman–Crippen LogP) is 0.757. The third-order valence-electron chi connectivity index (χ3n) is 3.21. The molecule has 1 amide bonds. The van der Waals surface area contributed by atoms with Crippen molar-refractivity contribution in [2.75, 3.05) is 26.2 Å². The zero-order chi connectivity index (χ0) is 12.8. The molecule has 0 radical (unpaired) electrons. The molecule has 4 nitrogen and oxygen atoms in total. The minimum atomic E-state index is -0.371. The van der Waals surface area contributed by atoms with Gasteiger partial charge < -0.3 is 16.0 Å². The Labute approximate surface area is 109 Å². The fourth-order valence-electron chi connectivity index (χ4n) is 2.03. The van der Waals surface area contributed by atoms with Gasteiger partial charge >= 0.3 is 0 Å². The number of nitrogens with two attached hydrogens (primary N) is 1. The van der Waals surface area contributed by atoms with Crippen LogP contribution >= 0.6 is 12.2 Å². The molecule has 3 N–H and O–H groups in total. The Morgan fingerprint density at radius 1 is 1.41 bits per heavy atom. The lowest BCUT2D eigenvalue weighted by molar-refractivity contribution is -0.122. The first-order valence-corrected chi connectivity index (χ1v) is 6.71. The van der Waals surface area contributed by atoms with Crippen LogP contribution in [0.4, 0.5) is 0 Å². The van der Waals surface area contributed by atoms with Gasteiger partial charge in [0.25, 0.3) is 0 Å². The average molecular weight is 257 g/mol. The standard InChI is InChI=1S/C12H23N3OS/c1-9(8-15-5-3-4-6-15)7-14-12(16)10(2)11(13)17/h9-10H,3-8H2,1-2H3,(H2,13,17)(H,14,16). The predicted molar refractivity (Wildman–Crippen MR) is 73.8 cm³/mol. The third kappa shape index (κ3) is 5.00. The van der Waals surface area contributed by atoms with E-state index in [2.05, 4.69) is 17.1 Å². The highest BCUT2D eigenvalue weighted by molar-refractivity contribution is 7.80. The molecule has 1 aliphatic heterocycles. The number of likely N-dealkylation sites (tertiary alicyclic amines) is 1. The summed E-state index contributed by atoms with van der Waals surface area (Å²) in [7, 11) is 0. The van der Waals surface area contributed by atoms with Crippen LogP contribution in [0.1, 0.15) is 26.7 Å². The summed E-state index contributed by atoms with van der Waals surface area (Å²) >= 11 is 4.80. The van der Waals surface area contributed by atoms with E-state index in [4.69, 9.17) is 18.0 Å². The summed E-state index contributed by atoms with van der Waals surface area (Å²) in [5.74, 6) is 0.0327. The Bertz CT molecular complexity index is 277. The quantitative estimate of drug-likeness (QED) is 0.690. The molecule has 98 valence electrons. The largest absolute Gasteiger partial charge is 0.393 e. The van der Waals surface area contributed by atoms with Crippen molar-refractivity contribution >= 4 is 23.1 Å². The summed E-state index contributed by atoms with van der Waals surface area (Å²) in [5.41, 5.74) is 5.44. The monoisotopic (exact) mass is 257 g/mol. The van der Waals surface area contributed by atoms with Crippen LogP contribution in [0.3, 0.4) is 0 Å². The van der Waals surface area contributed by atoms with Gasteiger partial charge in [-0.1, -0.05) is 19.1 Å². The van der Waals surface area contributed by atoms with Crippen molar-refractivity contribution in [2.45, 2.75) is 26.7 Å². The van der Waals surface area contributed by atoms with Crippen LogP contribution in [0.5, 0.6) is 0 Å². The fourth-order valence-corrected chi connectivity index (χ4v) is 2.13. The molecule has 0 aliphatic carbocycles. The first kappa shape index (κ1) is 14.4. The second kappa shape index (κ2) is 6.91. The van der Waals surface area contributed by atoms with E-state index < -0.39 is 0 Å². The van der Waals surface area contributed by atoms with Crippen molar-refractivity contribution < 1.29 is 4.79 Å². The first-order valence-electron chi connectivity index (χ1n) is 6.30. The molecule has 1 fully saturated rings. The molecule has 5 heteroatoms. The van der Waals surface area contributed by atoms with Crippen molar-refractivity contribution in [1.82, 2.24) is 10.2 Å². The van der Waals surface area contributed by atoms with Crippen molar-refractivity contribution in [3.63, 3.8) is 0 Å². The molecule has 0 bridgehead atoms. The van der Waals surface area contributed by atoms with Gasteiger partial charge in [-0.2, -0.15) is 0 Å². The van der Waals surface area contributed by atoms with Crippen molar-refractivity contribution in [1.29, 1.82) is 0 Å². The summed E-state index contributed by atoms with van der Waals surface area (Å²) in [6, 6.07) is 0. The average Bonchev–Trinajstić information content (AvgIpc) is 2.77. The molecule has 0 aromatic carbocycles. The van der Waals surface area contributed by atoms with Crippen molar-refractivity contribution in [2.24, 2.45) is 17.6 Å². The molecule has 2 unspecified atom stereocenters. The minimum Gasteiger partial charge on any atom is -0.393 e. The van der Waals surface area contributed by atoms with E-state index in [0.717, 1.165) is 6.54 Å². The Hall–Kier alpha value is -0.680. The highest BCUT2D eigenvalue weighted by atomic mass is 32.1. The van der Waals surface area contributed by atoms with Crippen molar-refractivity contribution in [3.05, 3.63) is 0 Å². The maximum absolute atomic E-state index is 11.6. The van der Waals surface area contributed by atoms with Gasteiger partial charge in [0.2, 0.25) is 5.91 Å². The lowest BCUT2D eigenvalue weighted by atomic mass is 10.1. The lowest BCUT2D eigenvalue weighted by Crippen LogP contribution is -2.40. The molecule has 17 heavy (non-hydrogen) atoms. The number of hydrogen-bond acceptors (Lipinski definition) is 3. The van der Waals surface area contributed by atoms with Crippen LogP contribution in [-0.2, 0) is 4.79 Å². The maximum atomic E-state index is 11.6. The van der Waals surface area contributed by atoms with Gasteiger partial charge in [-0.05, 0) is 38.8 Å². The highest BCUT2D eigenvalue weighted by Gasteiger charge is 2.18. The molecule has 0 saturated carbocycles. The molecule has 1 aliphatic rings. The van der Waals surface area contributed by atoms with E-state index in [1.807, 2.05) is 0 Å². The summed E-state index contributed by atoms with van der Waals surface area (Å²) in [6.45, 7) is 8.04. The number of nitrogens with zero attached hydrogens (tertiary/aromatic N) is 1. The van der Waals surface area contributed by atoms with Crippen LogP contribution in [0.2, 0.25) is 0 Å². The number of carbonyl (C=O) groups excluding carboxylic acids is 1. The zero-order valence-corrected chi connectivity index (χ0v) is 11.6. The lowest BCUT2D eigenvalue weighted by Gasteiger charge is -2.21. The molecule has 1 rings (SSSR count). The first-order chi connectivity index (χ1) is 8.00. The number of amides is 1. The topological polar surface area (TPSA) is 58.4 Å². The van der Waals surface area contributed by atoms with E-state index in [1.54, 1.807) is 6.92 Å². The van der Waals surface area contributed by atoms with Crippen LogP contribution in [0.25, 0.3) is 0 Å². The van der Waals surface area contributed by atoms with Gasteiger partial charge in [0.1, 0.15) is 0 Å². The minimum absolute atomic E-state index is 0.0641. The van der Waals surface area contributed by atoms with Crippen LogP contribution in [0, 0.1) is 11.8 Å². The normalized spacial score (nSPS) is 19.9. The van der Waals surface area contributed by atoms with Gasteiger partial charge in [0.15, 0.2) is 0 Å². The smallest absolute Gasteiger partial charge is 0.229 e. The Morgan fingerprint density at radius 3 is 2.53 bits per heavy atom. The molecule has 0 spiro atoms. The van der Waals surface area contributed by atoms with Crippen LogP contribution < -0.4 is 11.1 Å². The molecule has 0 aromatic heterocycles. The second-order valence-corrected chi connectivity index (χ2v) is 5.45. The second-order valence-electron chi connectivity index (χ2n) is 4.98. The molecular weight excluding hydrogens is 234 g/mol. The van der Waals surface area contributed by atoms with Crippen molar-refractivity contribution in [3.8, 4) is 0 Å². The van der Waals surface area contributed by atoms with Gasteiger partial charge in [-0.15, -0.1) is 0 Å². The van der Waals surface area contributed by atoms with Crippen LogP contribution in [0.15, 0.2) is 0 Å². The van der Waals surface area contributed by atoms with E-state index in [-0.39, 0.29) is 16.8 Å². The fraction of sp³-hybridized carbons (Fsp3) is 0.833. The SMILES string of the molecule is CC(CNC(=O)C(C)C(N)=S)CN1CCCC1. The molecule has 0 aromatic rings. The number of carbonyl (C=O) groups is 1. The van der Waals surface area contributed by atoms with Gasteiger partial charge in [-0.3, -0.25) is 4.79 Å². The summed E-state index contributed by atoms with van der Waals surface area (Å²) in [5, 5.41) is 2.90. The summed E-state index contributed by atoms with van der Waals surface area (Å²) < 4.78 is 0. The van der Waals surface area contributed by atoms with Gasteiger partial charge in [0.05, 0.1) is 10.9 Å². The molecule has 2 atom stereocenters. The van der Waals surface area contributed by atoms with E-state index >= 15 is 0 Å². The Balaban J connectivity index is 2.20. The number of hydrogen-bond donors (Lipinski definition) is 2. The Kier molecular flexibility index (Phi) is 5.85. The number of rotatable bonds is 6. The van der Waals surface area contributed by atoms with E-state index in [0.29, 0.717) is 12.5 Å². The Morgan fingerprint density at radius 2 is 2.00 bits per heavy atom. The van der Waals surface area contributed by atoms with Crippen LogP contribution in [-0.4, -0.2) is 42.0 Å². The summed E-state index contributed by atoms with van der Waals surface area (Å²) in [6.07, 6.45) is 2.61. The maximum Gasteiger partial charge on any atom is 0.229 e. The zero-order valence-electron chi connectivity index (χ0n) is 10.7. The van der Waals surface area contributed by atoms with E-state index in [1.165, 1.54) is 25.9 Å². The number of thiocarbonyl (C=S) groups is 1.